The van der Waals surface area contributed by atoms with Gasteiger partial charge in [-0.25, -0.2) is 0 Å². The van der Waals surface area contributed by atoms with Crippen LogP contribution in [0.2, 0.25) is 0 Å². The fraction of sp³-hybridized carbons (Fsp3) is 0.800. The Bertz CT molecular complexity index is 396. The molecule has 4 heteroatoms. The Morgan fingerprint density at radius 3 is 2.74 bits per heavy atom. The molecule has 1 N–H and O–H groups in total. The molecule has 3 nitrogen and oxygen atoms in total. The smallest absolute Gasteiger partial charge is 0.0698 e. The summed E-state index contributed by atoms with van der Waals surface area (Å²) in [7, 11) is 0. The Kier molecular flexibility index (Phi) is 5.46. The molecule has 0 aliphatic heterocycles. The molecule has 1 aromatic heterocycles. The van der Waals surface area contributed by atoms with Crippen LogP contribution in [0.3, 0.4) is 0 Å². The molecule has 1 unspecified atom stereocenters. The average molecular weight is 328 g/mol. The van der Waals surface area contributed by atoms with Gasteiger partial charge in [0.2, 0.25) is 0 Å². The van der Waals surface area contributed by atoms with E-state index in [1.807, 2.05) is 6.20 Å². The first kappa shape index (κ1) is 15.0. The van der Waals surface area contributed by atoms with Crippen LogP contribution in [0, 0.1) is 5.92 Å². The minimum atomic E-state index is 0.411. The topological polar surface area (TPSA) is 29.9 Å². The molecule has 19 heavy (non-hydrogen) atoms. The third-order valence-corrected chi connectivity index (χ3v) is 4.65. The first-order valence-corrected chi connectivity index (χ1v) is 8.39. The third-order valence-electron chi connectivity index (χ3n) is 4.04. The van der Waals surface area contributed by atoms with Crippen LogP contribution in [0.25, 0.3) is 0 Å². The fourth-order valence-corrected chi connectivity index (χ4v) is 3.31. The van der Waals surface area contributed by atoms with E-state index in [0.29, 0.717) is 12.1 Å². The number of aromatic nitrogens is 2. The lowest BCUT2D eigenvalue weighted by Gasteiger charge is -2.31. The van der Waals surface area contributed by atoms with Crippen molar-refractivity contribution in [2.75, 3.05) is 6.54 Å². The summed E-state index contributed by atoms with van der Waals surface area (Å²) >= 11 is 3.68. The maximum absolute atomic E-state index is 4.53. The van der Waals surface area contributed by atoms with Crippen LogP contribution in [-0.4, -0.2) is 16.3 Å². The zero-order valence-electron chi connectivity index (χ0n) is 12.3. The second-order valence-corrected chi connectivity index (χ2v) is 6.81. The number of hydrogen-bond donors (Lipinski definition) is 1. The Balaban J connectivity index is 2.17. The number of nitrogens with zero attached hydrogens (tertiary/aromatic N) is 2. The molecule has 1 aliphatic carbocycles. The van der Waals surface area contributed by atoms with Crippen LogP contribution >= 0.6 is 15.9 Å². The summed E-state index contributed by atoms with van der Waals surface area (Å²) in [5, 5.41) is 8.24. The highest BCUT2D eigenvalue weighted by Gasteiger charge is 2.27. The quantitative estimate of drug-likeness (QED) is 0.801. The van der Waals surface area contributed by atoms with Gasteiger partial charge in [-0.15, -0.1) is 0 Å². The molecule has 0 bridgehead atoms. The van der Waals surface area contributed by atoms with Crippen molar-refractivity contribution >= 4 is 15.9 Å². The molecule has 1 fully saturated rings. The van der Waals surface area contributed by atoms with Crippen LogP contribution < -0.4 is 5.32 Å². The zero-order valence-corrected chi connectivity index (χ0v) is 13.9. The van der Waals surface area contributed by atoms with Gasteiger partial charge in [-0.3, -0.25) is 4.68 Å². The predicted octanol–water partition coefficient (Wildman–Crippen LogP) is 4.46. The Hall–Kier alpha value is -0.350. The highest BCUT2D eigenvalue weighted by Crippen LogP contribution is 2.37. The first-order valence-electron chi connectivity index (χ1n) is 7.59. The molecule has 1 atom stereocenters. The minimum Gasteiger partial charge on any atom is -0.309 e. The molecule has 1 heterocycles. The van der Waals surface area contributed by atoms with Crippen molar-refractivity contribution in [2.24, 2.45) is 5.92 Å². The van der Waals surface area contributed by atoms with E-state index in [1.165, 1.54) is 37.8 Å². The Morgan fingerprint density at radius 2 is 2.21 bits per heavy atom. The largest absolute Gasteiger partial charge is 0.309 e. The van der Waals surface area contributed by atoms with Crippen LogP contribution in [-0.2, 0) is 0 Å². The summed E-state index contributed by atoms with van der Waals surface area (Å²) < 4.78 is 3.31. The summed E-state index contributed by atoms with van der Waals surface area (Å²) in [5.74, 6) is 0.900. The van der Waals surface area contributed by atoms with Gasteiger partial charge in [-0.05, 0) is 55.1 Å². The van der Waals surface area contributed by atoms with Crippen LogP contribution in [0.4, 0.5) is 0 Å². The number of rotatable bonds is 7. The lowest BCUT2D eigenvalue weighted by Crippen LogP contribution is -2.29. The molecule has 1 aromatic rings. The van der Waals surface area contributed by atoms with Crippen molar-refractivity contribution in [1.82, 2.24) is 15.1 Å². The van der Waals surface area contributed by atoms with Crippen LogP contribution in [0.15, 0.2) is 10.7 Å². The van der Waals surface area contributed by atoms with Crippen molar-refractivity contribution in [2.45, 2.75) is 65.0 Å². The van der Waals surface area contributed by atoms with E-state index in [9.17, 15) is 0 Å². The summed E-state index contributed by atoms with van der Waals surface area (Å²) in [6.45, 7) is 7.70. The van der Waals surface area contributed by atoms with Gasteiger partial charge in [0.15, 0.2) is 0 Å². The van der Waals surface area contributed by atoms with Gasteiger partial charge in [0, 0.05) is 6.04 Å². The zero-order chi connectivity index (χ0) is 13.8. The first-order chi connectivity index (χ1) is 9.13. The van der Waals surface area contributed by atoms with Gasteiger partial charge < -0.3 is 5.32 Å². The summed E-state index contributed by atoms with van der Waals surface area (Å²) in [6, 6.07) is 0.846. The SMILES string of the molecule is CCCNC(CC1CCC1)c1c(Br)cnn1C(C)C. The lowest BCUT2D eigenvalue weighted by molar-refractivity contribution is 0.254. The molecule has 0 radical (unpaired) electrons. The highest BCUT2D eigenvalue weighted by atomic mass is 79.9. The Morgan fingerprint density at radius 1 is 1.47 bits per heavy atom. The van der Waals surface area contributed by atoms with Crippen LogP contribution in [0.1, 0.15) is 70.7 Å². The molecule has 0 aromatic carbocycles. The van der Waals surface area contributed by atoms with Crippen molar-refractivity contribution < 1.29 is 0 Å². The van der Waals surface area contributed by atoms with E-state index < -0.39 is 0 Å². The number of hydrogen-bond acceptors (Lipinski definition) is 2. The van der Waals surface area contributed by atoms with Crippen LogP contribution in [0.5, 0.6) is 0 Å². The molecule has 108 valence electrons. The summed E-state index contributed by atoms with van der Waals surface area (Å²) in [4.78, 5) is 0. The standard InChI is InChI=1S/C15H26BrN3/c1-4-8-17-14(9-12-6-5-7-12)15-13(16)10-18-19(15)11(2)3/h10-12,14,17H,4-9H2,1-3H3. The van der Waals surface area contributed by atoms with Gasteiger partial charge in [-0.1, -0.05) is 26.2 Å². The summed E-state index contributed by atoms with van der Waals surface area (Å²) in [6.07, 6.45) is 8.58. The second-order valence-electron chi connectivity index (χ2n) is 5.96. The maximum Gasteiger partial charge on any atom is 0.0698 e. The van der Waals surface area contributed by atoms with Gasteiger partial charge in [0.05, 0.1) is 22.4 Å². The molecule has 0 amide bonds. The third kappa shape index (κ3) is 3.60. The van der Waals surface area contributed by atoms with E-state index >= 15 is 0 Å². The number of halogens is 1. The predicted molar refractivity (Wildman–Crippen MR) is 83.3 cm³/mol. The number of nitrogens with one attached hydrogen (secondary N) is 1. The average Bonchev–Trinajstić information content (AvgIpc) is 2.69. The maximum atomic E-state index is 4.53. The van der Waals surface area contributed by atoms with Crippen molar-refractivity contribution in [3.8, 4) is 0 Å². The molecule has 0 spiro atoms. The van der Waals surface area contributed by atoms with E-state index in [1.54, 1.807) is 0 Å². The van der Waals surface area contributed by atoms with Crippen molar-refractivity contribution in [3.05, 3.63) is 16.4 Å². The second kappa shape index (κ2) is 6.89. The Labute approximate surface area is 125 Å². The normalized spacial score (nSPS) is 17.7. The molecular formula is C15H26BrN3. The van der Waals surface area contributed by atoms with E-state index in [2.05, 4.69) is 51.8 Å². The fourth-order valence-electron chi connectivity index (χ4n) is 2.76. The van der Waals surface area contributed by atoms with Gasteiger partial charge in [0.1, 0.15) is 0 Å². The van der Waals surface area contributed by atoms with E-state index in [-0.39, 0.29) is 0 Å². The molecule has 2 rings (SSSR count). The molecule has 1 aliphatic rings. The van der Waals surface area contributed by atoms with Crippen molar-refractivity contribution in [3.63, 3.8) is 0 Å². The van der Waals surface area contributed by atoms with Gasteiger partial charge >= 0.3 is 0 Å². The van der Waals surface area contributed by atoms with E-state index in [4.69, 9.17) is 0 Å². The van der Waals surface area contributed by atoms with E-state index in [0.717, 1.165) is 16.9 Å². The molecule has 0 saturated heterocycles. The molecule has 1 saturated carbocycles. The van der Waals surface area contributed by atoms with Gasteiger partial charge in [0.25, 0.3) is 0 Å². The monoisotopic (exact) mass is 327 g/mol. The minimum absolute atomic E-state index is 0.411. The summed E-state index contributed by atoms with van der Waals surface area (Å²) in [5.41, 5.74) is 1.33. The van der Waals surface area contributed by atoms with Gasteiger partial charge in [-0.2, -0.15) is 5.10 Å². The van der Waals surface area contributed by atoms with Crippen molar-refractivity contribution in [1.29, 1.82) is 0 Å². The highest BCUT2D eigenvalue weighted by molar-refractivity contribution is 9.10. The lowest BCUT2D eigenvalue weighted by atomic mass is 9.80. The molecular weight excluding hydrogens is 302 g/mol.